The largest absolute Gasteiger partial charge is 0.351 e. The highest BCUT2D eigenvalue weighted by Crippen LogP contribution is 2.19. The fraction of sp³-hybridized carbons (Fsp3) is 0.611. The number of nitrogens with zero attached hydrogens (tertiary/aromatic N) is 1. The lowest BCUT2D eigenvalue weighted by Gasteiger charge is -2.31. The number of piperidine rings is 1. The highest BCUT2D eigenvalue weighted by molar-refractivity contribution is 5.78. The van der Waals surface area contributed by atoms with E-state index in [0.717, 1.165) is 25.6 Å². The molecule has 0 atom stereocenters. The van der Waals surface area contributed by atoms with Gasteiger partial charge < -0.3 is 10.6 Å². The van der Waals surface area contributed by atoms with Gasteiger partial charge in [-0.3, -0.25) is 9.69 Å². The third kappa shape index (κ3) is 5.78. The smallest absolute Gasteiger partial charge is 0.234 e. The number of hydrogen-bond acceptors (Lipinski definition) is 3. The summed E-state index contributed by atoms with van der Waals surface area (Å²) in [5, 5.41) is 6.25. The Kier molecular flexibility index (Phi) is 6.87. The normalized spacial score (nSPS) is 16.6. The average Bonchev–Trinajstić information content (AvgIpc) is 2.52. The number of benzene rings is 1. The molecular formula is C18H29N3O. The molecule has 4 nitrogen and oxygen atoms in total. The van der Waals surface area contributed by atoms with Crippen LogP contribution in [0.25, 0.3) is 0 Å². The summed E-state index contributed by atoms with van der Waals surface area (Å²) in [7, 11) is 2.01. The molecule has 1 aromatic rings. The second-order valence-corrected chi connectivity index (χ2v) is 6.38. The molecule has 1 aliphatic rings. The van der Waals surface area contributed by atoms with Gasteiger partial charge in [-0.25, -0.2) is 0 Å². The number of aryl methyl sites for hydroxylation is 1. The maximum absolute atomic E-state index is 12.1. The van der Waals surface area contributed by atoms with Crippen LogP contribution in [0.2, 0.25) is 0 Å². The number of amides is 1. The summed E-state index contributed by atoms with van der Waals surface area (Å²) in [6.45, 7) is 6.42. The third-order valence-corrected chi connectivity index (χ3v) is 4.45. The fourth-order valence-corrected chi connectivity index (χ4v) is 3.06. The van der Waals surface area contributed by atoms with Gasteiger partial charge in [-0.15, -0.1) is 0 Å². The van der Waals surface area contributed by atoms with Crippen molar-refractivity contribution in [3.8, 4) is 0 Å². The van der Waals surface area contributed by atoms with Gasteiger partial charge in [0.05, 0.1) is 6.54 Å². The molecule has 0 aliphatic carbocycles. The number of likely N-dealkylation sites (tertiary alicyclic amines) is 1. The minimum absolute atomic E-state index is 0.134. The predicted octanol–water partition coefficient (Wildman–Crippen LogP) is 1.93. The molecule has 2 rings (SSSR count). The summed E-state index contributed by atoms with van der Waals surface area (Å²) in [6, 6.07) is 8.28. The van der Waals surface area contributed by atoms with E-state index in [9.17, 15) is 4.79 Å². The molecule has 0 spiro atoms. The number of carbonyl (C=O) groups excluding carboxylic acids is 1. The molecule has 122 valence electrons. The number of rotatable bonds is 7. The number of carbonyl (C=O) groups is 1. The topological polar surface area (TPSA) is 44.4 Å². The van der Waals surface area contributed by atoms with Crippen LogP contribution in [0.4, 0.5) is 0 Å². The van der Waals surface area contributed by atoms with Crippen molar-refractivity contribution in [1.29, 1.82) is 0 Å². The Hall–Kier alpha value is -1.39. The molecule has 1 fully saturated rings. The van der Waals surface area contributed by atoms with E-state index >= 15 is 0 Å². The SMILES string of the molecule is CNCCC1CCN(CC(=O)NCc2cccc(C)c2)CC1. The van der Waals surface area contributed by atoms with Gasteiger partial charge in [-0.05, 0) is 64.3 Å². The average molecular weight is 303 g/mol. The molecule has 1 aliphatic heterocycles. The predicted molar refractivity (Wildman–Crippen MR) is 90.7 cm³/mol. The van der Waals surface area contributed by atoms with Crippen molar-refractivity contribution in [2.24, 2.45) is 5.92 Å². The Morgan fingerprint density at radius 1 is 1.32 bits per heavy atom. The van der Waals surface area contributed by atoms with E-state index in [1.165, 1.54) is 30.4 Å². The van der Waals surface area contributed by atoms with E-state index in [-0.39, 0.29) is 5.91 Å². The molecule has 1 heterocycles. The van der Waals surface area contributed by atoms with Gasteiger partial charge in [-0.2, -0.15) is 0 Å². The van der Waals surface area contributed by atoms with Gasteiger partial charge in [0.1, 0.15) is 0 Å². The fourth-order valence-electron chi connectivity index (χ4n) is 3.06. The Labute approximate surface area is 134 Å². The monoisotopic (exact) mass is 303 g/mol. The van der Waals surface area contributed by atoms with E-state index in [2.05, 4.69) is 40.7 Å². The standard InChI is InChI=1S/C18H29N3O/c1-15-4-3-5-17(12-15)13-20-18(22)14-21-10-7-16(8-11-21)6-9-19-2/h3-5,12,16,19H,6-11,13-14H2,1-2H3,(H,20,22). The zero-order chi connectivity index (χ0) is 15.8. The lowest BCUT2D eigenvalue weighted by molar-refractivity contribution is -0.122. The van der Waals surface area contributed by atoms with Gasteiger partial charge in [0.25, 0.3) is 0 Å². The van der Waals surface area contributed by atoms with Crippen molar-refractivity contribution >= 4 is 5.91 Å². The van der Waals surface area contributed by atoms with Crippen molar-refractivity contribution in [3.05, 3.63) is 35.4 Å². The molecule has 1 amide bonds. The minimum atomic E-state index is 0.134. The Morgan fingerprint density at radius 3 is 2.77 bits per heavy atom. The van der Waals surface area contributed by atoms with Crippen molar-refractivity contribution < 1.29 is 4.79 Å². The summed E-state index contributed by atoms with van der Waals surface area (Å²) >= 11 is 0. The maximum atomic E-state index is 12.1. The molecule has 4 heteroatoms. The minimum Gasteiger partial charge on any atom is -0.351 e. The van der Waals surface area contributed by atoms with Crippen molar-refractivity contribution in [2.45, 2.75) is 32.7 Å². The molecule has 1 saturated heterocycles. The van der Waals surface area contributed by atoms with Gasteiger partial charge in [-0.1, -0.05) is 29.8 Å². The molecule has 0 radical (unpaired) electrons. The van der Waals surface area contributed by atoms with Crippen molar-refractivity contribution in [3.63, 3.8) is 0 Å². The zero-order valence-corrected chi connectivity index (χ0v) is 13.9. The summed E-state index contributed by atoms with van der Waals surface area (Å²) in [5.41, 5.74) is 2.40. The van der Waals surface area contributed by atoms with Crippen LogP contribution in [0.1, 0.15) is 30.4 Å². The summed E-state index contributed by atoms with van der Waals surface area (Å²) in [6.07, 6.45) is 3.68. The Balaban J connectivity index is 1.65. The maximum Gasteiger partial charge on any atom is 0.234 e. The van der Waals surface area contributed by atoms with Crippen LogP contribution in [-0.2, 0) is 11.3 Å². The second kappa shape index (κ2) is 8.91. The highest BCUT2D eigenvalue weighted by Gasteiger charge is 2.20. The quantitative estimate of drug-likeness (QED) is 0.809. The number of hydrogen-bond donors (Lipinski definition) is 2. The molecule has 0 bridgehead atoms. The molecule has 0 saturated carbocycles. The first-order chi connectivity index (χ1) is 10.7. The second-order valence-electron chi connectivity index (χ2n) is 6.38. The van der Waals surface area contributed by atoms with Gasteiger partial charge >= 0.3 is 0 Å². The van der Waals surface area contributed by atoms with E-state index in [4.69, 9.17) is 0 Å². The first-order valence-corrected chi connectivity index (χ1v) is 8.36. The molecule has 2 N–H and O–H groups in total. The third-order valence-electron chi connectivity index (χ3n) is 4.45. The summed E-state index contributed by atoms with van der Waals surface area (Å²) in [5.74, 6) is 0.953. The molecular weight excluding hydrogens is 274 g/mol. The molecule has 1 aromatic carbocycles. The van der Waals surface area contributed by atoms with Crippen LogP contribution in [0.15, 0.2) is 24.3 Å². The Bertz CT molecular complexity index is 467. The first kappa shape index (κ1) is 17.0. The summed E-state index contributed by atoms with van der Waals surface area (Å²) in [4.78, 5) is 14.3. The first-order valence-electron chi connectivity index (χ1n) is 8.36. The number of nitrogens with one attached hydrogen (secondary N) is 2. The summed E-state index contributed by atoms with van der Waals surface area (Å²) < 4.78 is 0. The van der Waals surface area contributed by atoms with Gasteiger partial charge in [0.2, 0.25) is 5.91 Å². The molecule has 0 aromatic heterocycles. The van der Waals surface area contributed by atoms with Crippen LogP contribution < -0.4 is 10.6 Å². The van der Waals surface area contributed by atoms with Gasteiger partial charge in [0, 0.05) is 6.54 Å². The van der Waals surface area contributed by atoms with E-state index in [1.807, 2.05) is 13.1 Å². The van der Waals surface area contributed by atoms with Crippen LogP contribution >= 0.6 is 0 Å². The highest BCUT2D eigenvalue weighted by atomic mass is 16.2. The Morgan fingerprint density at radius 2 is 2.09 bits per heavy atom. The van der Waals surface area contributed by atoms with Crippen LogP contribution in [-0.4, -0.2) is 44.0 Å². The lowest BCUT2D eigenvalue weighted by Crippen LogP contribution is -2.41. The van der Waals surface area contributed by atoms with Crippen LogP contribution in [0.3, 0.4) is 0 Å². The lowest BCUT2D eigenvalue weighted by atomic mass is 9.93. The van der Waals surface area contributed by atoms with Crippen LogP contribution in [0.5, 0.6) is 0 Å². The van der Waals surface area contributed by atoms with Crippen molar-refractivity contribution in [1.82, 2.24) is 15.5 Å². The van der Waals surface area contributed by atoms with Gasteiger partial charge in [0.15, 0.2) is 0 Å². The van der Waals surface area contributed by atoms with Crippen LogP contribution in [0, 0.1) is 12.8 Å². The van der Waals surface area contributed by atoms with E-state index in [1.54, 1.807) is 0 Å². The van der Waals surface area contributed by atoms with Crippen molar-refractivity contribution in [2.75, 3.05) is 33.2 Å². The zero-order valence-electron chi connectivity index (χ0n) is 13.9. The van der Waals surface area contributed by atoms with E-state index < -0.39 is 0 Å². The molecule has 0 unspecified atom stereocenters. The molecule has 22 heavy (non-hydrogen) atoms. The van der Waals surface area contributed by atoms with E-state index in [0.29, 0.717) is 13.1 Å².